The van der Waals surface area contributed by atoms with Crippen LogP contribution in [0.2, 0.25) is 0 Å². The van der Waals surface area contributed by atoms with Gasteiger partial charge in [0, 0.05) is 26.4 Å². The molecule has 1 atom stereocenters. The summed E-state index contributed by atoms with van der Waals surface area (Å²) in [4.78, 5) is 4.25. The molecule has 6 nitrogen and oxygen atoms in total. The van der Waals surface area contributed by atoms with Gasteiger partial charge in [-0.25, -0.2) is 8.42 Å². The van der Waals surface area contributed by atoms with Crippen LogP contribution in [-0.2, 0) is 9.84 Å². The molecule has 1 aromatic rings. The Morgan fingerprint density at radius 3 is 2.37 bits per heavy atom. The van der Waals surface area contributed by atoms with Gasteiger partial charge in [0.2, 0.25) is 0 Å². The third-order valence-corrected chi connectivity index (χ3v) is 5.61. The summed E-state index contributed by atoms with van der Waals surface area (Å²) in [7, 11) is 0.474. The molecule has 0 aliphatic carbocycles. The number of rotatable bonds is 10. The van der Waals surface area contributed by atoms with E-state index in [0.29, 0.717) is 18.9 Å². The second-order valence-corrected chi connectivity index (χ2v) is 10.1. The fourth-order valence-electron chi connectivity index (χ4n) is 2.60. The smallest absolute Gasteiger partial charge is 0.190 e. The van der Waals surface area contributed by atoms with Crippen molar-refractivity contribution in [1.82, 2.24) is 10.6 Å². The van der Waals surface area contributed by atoms with Gasteiger partial charge >= 0.3 is 0 Å². The fourth-order valence-corrected chi connectivity index (χ4v) is 3.52. The van der Waals surface area contributed by atoms with Gasteiger partial charge in [-0.2, -0.15) is 0 Å². The summed E-state index contributed by atoms with van der Waals surface area (Å²) in [5.74, 6) is 2.23. The van der Waals surface area contributed by atoms with E-state index < -0.39 is 9.84 Å². The molecule has 0 radical (unpaired) electrons. The van der Waals surface area contributed by atoms with Crippen LogP contribution in [0.3, 0.4) is 0 Å². The van der Waals surface area contributed by atoms with Crippen molar-refractivity contribution in [1.29, 1.82) is 0 Å². The number of nitrogens with zero attached hydrogens (tertiary/aromatic N) is 1. The topological polar surface area (TPSA) is 79.8 Å². The number of ether oxygens (including phenoxy) is 1. The highest BCUT2D eigenvalue weighted by Gasteiger charge is 2.20. The summed E-state index contributed by atoms with van der Waals surface area (Å²) in [6, 6.07) is 8.17. The van der Waals surface area contributed by atoms with Crippen LogP contribution in [0.15, 0.2) is 29.3 Å². The third kappa shape index (κ3) is 9.65. The van der Waals surface area contributed by atoms with E-state index in [1.165, 1.54) is 11.8 Å². The lowest BCUT2D eigenvalue weighted by atomic mass is 9.90. The first-order chi connectivity index (χ1) is 12.6. The standard InChI is InChI=1S/C20H35N3O3S/c1-16(17-7-9-18(26-5)10-8-17)11-13-22-19(21-4)23-15-20(2,3)12-14-27(6,24)25/h7-10,16H,11-15H2,1-6H3,(H2,21,22,23). The highest BCUT2D eigenvalue weighted by Crippen LogP contribution is 2.21. The Bertz CT molecular complexity index is 698. The Kier molecular flexibility index (Phi) is 9.09. The predicted molar refractivity (Wildman–Crippen MR) is 113 cm³/mol. The molecule has 0 aliphatic heterocycles. The molecule has 7 heteroatoms. The average molecular weight is 398 g/mol. The van der Waals surface area contributed by atoms with Gasteiger partial charge in [0.1, 0.15) is 15.6 Å². The van der Waals surface area contributed by atoms with Crippen molar-refractivity contribution in [3.05, 3.63) is 29.8 Å². The van der Waals surface area contributed by atoms with Crippen LogP contribution in [0, 0.1) is 5.41 Å². The molecule has 27 heavy (non-hydrogen) atoms. The van der Waals surface area contributed by atoms with Gasteiger partial charge in [-0.15, -0.1) is 0 Å². The molecule has 0 bridgehead atoms. The number of nitrogens with one attached hydrogen (secondary N) is 2. The van der Waals surface area contributed by atoms with Gasteiger partial charge in [0.05, 0.1) is 12.9 Å². The van der Waals surface area contributed by atoms with Crippen molar-refractivity contribution in [2.45, 2.75) is 39.5 Å². The van der Waals surface area contributed by atoms with Crippen LogP contribution in [0.5, 0.6) is 5.75 Å². The van der Waals surface area contributed by atoms with Gasteiger partial charge in [0.15, 0.2) is 5.96 Å². The molecular formula is C20H35N3O3S. The summed E-state index contributed by atoms with van der Waals surface area (Å²) >= 11 is 0. The molecule has 0 aromatic heterocycles. The molecule has 154 valence electrons. The SMILES string of the molecule is CN=C(NCCC(C)c1ccc(OC)cc1)NCC(C)(C)CCS(C)(=O)=O. The van der Waals surface area contributed by atoms with Crippen molar-refractivity contribution in [2.75, 3.05) is 39.3 Å². The molecule has 1 aromatic carbocycles. The number of methoxy groups -OCH3 is 1. The molecule has 0 fully saturated rings. The Morgan fingerprint density at radius 2 is 1.85 bits per heavy atom. The van der Waals surface area contributed by atoms with Crippen molar-refractivity contribution >= 4 is 15.8 Å². The minimum absolute atomic E-state index is 0.128. The highest BCUT2D eigenvalue weighted by molar-refractivity contribution is 7.90. The summed E-state index contributed by atoms with van der Waals surface area (Å²) in [6.45, 7) is 7.79. The number of hydrogen-bond acceptors (Lipinski definition) is 4. The lowest BCUT2D eigenvalue weighted by Crippen LogP contribution is -2.42. The van der Waals surface area contributed by atoms with Crippen molar-refractivity contribution in [3.8, 4) is 5.75 Å². The van der Waals surface area contributed by atoms with Gasteiger partial charge in [-0.3, -0.25) is 4.99 Å². The first-order valence-corrected chi connectivity index (χ1v) is 11.4. The summed E-state index contributed by atoms with van der Waals surface area (Å²) in [6.07, 6.45) is 2.87. The molecule has 0 spiro atoms. The lowest BCUT2D eigenvalue weighted by molar-refractivity contribution is 0.348. The van der Waals surface area contributed by atoms with E-state index in [1.807, 2.05) is 12.1 Å². The van der Waals surface area contributed by atoms with Gasteiger partial charge in [-0.05, 0) is 41.9 Å². The molecule has 2 N–H and O–H groups in total. The van der Waals surface area contributed by atoms with E-state index in [-0.39, 0.29) is 11.2 Å². The molecule has 0 saturated carbocycles. The first kappa shape index (κ1) is 23.3. The Hall–Kier alpha value is -1.76. The number of benzene rings is 1. The number of hydrogen-bond donors (Lipinski definition) is 2. The van der Waals surface area contributed by atoms with Crippen molar-refractivity contribution in [2.24, 2.45) is 10.4 Å². The number of guanidine groups is 1. The molecule has 1 rings (SSSR count). The Labute approximate surface area is 164 Å². The monoisotopic (exact) mass is 397 g/mol. The van der Waals surface area contributed by atoms with Crippen molar-refractivity contribution < 1.29 is 13.2 Å². The maximum Gasteiger partial charge on any atom is 0.190 e. The average Bonchev–Trinajstić information content (AvgIpc) is 2.62. The maximum atomic E-state index is 11.4. The summed E-state index contributed by atoms with van der Waals surface area (Å²) < 4.78 is 27.9. The van der Waals surface area contributed by atoms with E-state index in [1.54, 1.807) is 14.2 Å². The zero-order valence-corrected chi connectivity index (χ0v) is 18.3. The van der Waals surface area contributed by atoms with Crippen LogP contribution in [0.25, 0.3) is 0 Å². The predicted octanol–water partition coefficient (Wildman–Crippen LogP) is 2.81. The van der Waals surface area contributed by atoms with Crippen LogP contribution in [-0.4, -0.2) is 53.6 Å². The molecule has 0 aliphatic rings. The molecule has 0 heterocycles. The number of sulfone groups is 1. The lowest BCUT2D eigenvalue weighted by Gasteiger charge is -2.26. The zero-order chi connectivity index (χ0) is 20.5. The summed E-state index contributed by atoms with van der Waals surface area (Å²) in [5, 5.41) is 6.64. The molecule has 1 unspecified atom stereocenters. The van der Waals surface area contributed by atoms with E-state index in [0.717, 1.165) is 24.7 Å². The zero-order valence-electron chi connectivity index (χ0n) is 17.5. The number of aliphatic imine (C=N–C) groups is 1. The Balaban J connectivity index is 2.40. The van der Waals surface area contributed by atoms with Crippen LogP contribution < -0.4 is 15.4 Å². The Morgan fingerprint density at radius 1 is 1.22 bits per heavy atom. The minimum atomic E-state index is -2.94. The normalized spacial score (nSPS) is 13.9. The van der Waals surface area contributed by atoms with E-state index in [9.17, 15) is 8.42 Å². The van der Waals surface area contributed by atoms with E-state index >= 15 is 0 Å². The maximum absolute atomic E-state index is 11.4. The van der Waals surface area contributed by atoms with Crippen LogP contribution in [0.1, 0.15) is 45.1 Å². The molecule has 0 saturated heterocycles. The summed E-state index contributed by atoms with van der Waals surface area (Å²) in [5.41, 5.74) is 1.15. The van der Waals surface area contributed by atoms with Crippen LogP contribution in [0.4, 0.5) is 0 Å². The molecule has 0 amide bonds. The van der Waals surface area contributed by atoms with Gasteiger partial charge in [-0.1, -0.05) is 32.9 Å². The van der Waals surface area contributed by atoms with Crippen molar-refractivity contribution in [3.63, 3.8) is 0 Å². The molecular weight excluding hydrogens is 362 g/mol. The quantitative estimate of drug-likeness (QED) is 0.469. The minimum Gasteiger partial charge on any atom is -0.497 e. The third-order valence-electron chi connectivity index (χ3n) is 4.66. The van der Waals surface area contributed by atoms with Gasteiger partial charge in [0.25, 0.3) is 0 Å². The fraction of sp³-hybridized carbons (Fsp3) is 0.650. The van der Waals surface area contributed by atoms with Gasteiger partial charge < -0.3 is 15.4 Å². The first-order valence-electron chi connectivity index (χ1n) is 9.32. The van der Waals surface area contributed by atoms with E-state index in [2.05, 4.69) is 48.5 Å². The largest absolute Gasteiger partial charge is 0.497 e. The van der Waals surface area contributed by atoms with E-state index in [4.69, 9.17) is 4.74 Å². The second kappa shape index (κ2) is 10.5. The second-order valence-electron chi connectivity index (χ2n) is 7.86. The highest BCUT2D eigenvalue weighted by atomic mass is 32.2. The van der Waals surface area contributed by atoms with Crippen LogP contribution >= 0.6 is 0 Å².